The summed E-state index contributed by atoms with van der Waals surface area (Å²) in [5.41, 5.74) is 10.7. The Morgan fingerprint density at radius 2 is 1.94 bits per heavy atom. The van der Waals surface area contributed by atoms with E-state index in [4.69, 9.17) is 5.73 Å². The Labute approximate surface area is 93.7 Å². The summed E-state index contributed by atoms with van der Waals surface area (Å²) >= 11 is 0. The Hall–Kier alpha value is -2.04. The number of aliphatic imine (C=N–C) groups is 1. The maximum absolute atomic E-state index is 9.67. The summed E-state index contributed by atoms with van der Waals surface area (Å²) in [4.78, 5) is 4.22. The van der Waals surface area contributed by atoms with E-state index in [9.17, 15) is 5.11 Å². The molecule has 0 saturated heterocycles. The molecule has 0 aliphatic carbocycles. The number of benzene rings is 1. The second-order valence-electron chi connectivity index (χ2n) is 3.85. The third-order valence-electron chi connectivity index (χ3n) is 2.53. The molecule has 5 nitrogen and oxygen atoms in total. The molecule has 0 aromatic heterocycles. The summed E-state index contributed by atoms with van der Waals surface area (Å²) < 4.78 is 0. The molecule has 1 aliphatic heterocycles. The number of hydrogen-bond donors (Lipinski definition) is 3. The second kappa shape index (κ2) is 3.84. The molecule has 1 heterocycles. The number of hydrazone groups is 1. The van der Waals surface area contributed by atoms with Gasteiger partial charge in [-0.25, -0.2) is 10.4 Å². The molecule has 1 aliphatic rings. The molecule has 0 spiro atoms. The number of phenolic OH excluding ortho intramolecular Hbond substituents is 1. The van der Waals surface area contributed by atoms with Gasteiger partial charge in [-0.1, -0.05) is 0 Å². The van der Waals surface area contributed by atoms with Crippen LogP contribution in [0.3, 0.4) is 0 Å². The van der Waals surface area contributed by atoms with Gasteiger partial charge in [-0.15, -0.1) is 0 Å². The summed E-state index contributed by atoms with van der Waals surface area (Å²) in [6.45, 7) is 3.72. The van der Waals surface area contributed by atoms with E-state index in [1.54, 1.807) is 6.21 Å². The van der Waals surface area contributed by atoms with Crippen molar-refractivity contribution < 1.29 is 5.11 Å². The van der Waals surface area contributed by atoms with Crippen molar-refractivity contribution in [3.05, 3.63) is 28.8 Å². The number of phenols is 1. The van der Waals surface area contributed by atoms with E-state index in [1.807, 2.05) is 26.0 Å². The number of rotatable bonds is 1. The van der Waals surface area contributed by atoms with Gasteiger partial charge in [-0.2, -0.15) is 5.10 Å². The van der Waals surface area contributed by atoms with Gasteiger partial charge < -0.3 is 10.8 Å². The molecule has 1 aromatic carbocycles. The number of nitrogens with two attached hydrogens (primary N) is 1. The molecule has 0 saturated carbocycles. The van der Waals surface area contributed by atoms with Crippen LogP contribution in [0.5, 0.6) is 5.75 Å². The molecule has 5 heteroatoms. The van der Waals surface area contributed by atoms with Gasteiger partial charge >= 0.3 is 0 Å². The van der Waals surface area contributed by atoms with Crippen molar-refractivity contribution in [1.82, 2.24) is 5.43 Å². The number of nitrogens with zero attached hydrogens (tertiary/aromatic N) is 2. The molecule has 0 radical (unpaired) electrons. The van der Waals surface area contributed by atoms with Crippen molar-refractivity contribution in [1.29, 1.82) is 0 Å². The van der Waals surface area contributed by atoms with Crippen molar-refractivity contribution in [3.8, 4) is 5.75 Å². The number of hydrogen-bond acceptors (Lipinski definition) is 5. The van der Waals surface area contributed by atoms with Gasteiger partial charge in [0.05, 0.1) is 6.21 Å². The Bertz CT molecular complexity index is 456. The van der Waals surface area contributed by atoms with Crippen LogP contribution in [-0.4, -0.2) is 17.3 Å². The van der Waals surface area contributed by atoms with E-state index >= 15 is 0 Å². The molecule has 84 valence electrons. The lowest BCUT2D eigenvalue weighted by Crippen LogP contribution is -2.31. The lowest BCUT2D eigenvalue weighted by atomic mass is 10.0. The highest BCUT2D eigenvalue weighted by molar-refractivity contribution is 5.84. The predicted molar refractivity (Wildman–Crippen MR) is 63.6 cm³/mol. The molecule has 1 unspecified atom stereocenters. The fourth-order valence-electron chi connectivity index (χ4n) is 1.71. The highest BCUT2D eigenvalue weighted by atomic mass is 16.3. The first-order valence-corrected chi connectivity index (χ1v) is 5.00. The highest BCUT2D eigenvalue weighted by Crippen LogP contribution is 2.27. The quantitative estimate of drug-likeness (QED) is 0.656. The van der Waals surface area contributed by atoms with Crippen LogP contribution in [0.15, 0.2) is 22.2 Å². The molecule has 0 bridgehead atoms. The van der Waals surface area contributed by atoms with E-state index in [-0.39, 0.29) is 6.04 Å². The topological polar surface area (TPSA) is 83.0 Å². The van der Waals surface area contributed by atoms with E-state index in [1.165, 1.54) is 0 Å². The van der Waals surface area contributed by atoms with Crippen LogP contribution in [-0.2, 0) is 0 Å². The summed E-state index contributed by atoms with van der Waals surface area (Å²) in [5.74, 6) is 0.627. The van der Waals surface area contributed by atoms with Gasteiger partial charge in [0, 0.05) is 0 Å². The van der Waals surface area contributed by atoms with E-state index in [2.05, 4.69) is 15.5 Å². The summed E-state index contributed by atoms with van der Waals surface area (Å²) in [5, 5.41) is 13.6. The maximum atomic E-state index is 9.67. The normalized spacial score (nSPS) is 19.1. The highest BCUT2D eigenvalue weighted by Gasteiger charge is 2.14. The third kappa shape index (κ3) is 1.84. The van der Waals surface area contributed by atoms with Crippen molar-refractivity contribution in [2.24, 2.45) is 15.8 Å². The first-order valence-electron chi connectivity index (χ1n) is 5.00. The summed E-state index contributed by atoms with van der Waals surface area (Å²) in [7, 11) is 0. The van der Waals surface area contributed by atoms with E-state index in [0.717, 1.165) is 16.7 Å². The molecule has 1 atom stereocenters. The first-order chi connectivity index (χ1) is 7.58. The van der Waals surface area contributed by atoms with Gasteiger partial charge in [0.1, 0.15) is 11.8 Å². The Morgan fingerprint density at radius 1 is 1.31 bits per heavy atom. The van der Waals surface area contributed by atoms with Gasteiger partial charge in [0.15, 0.2) is 0 Å². The van der Waals surface area contributed by atoms with E-state index < -0.39 is 0 Å². The van der Waals surface area contributed by atoms with Gasteiger partial charge in [-0.05, 0) is 42.7 Å². The SMILES string of the molecule is Cc1cc(C2C=NNC(N)=N2)cc(C)c1O. The first kappa shape index (κ1) is 10.5. The minimum atomic E-state index is -0.181. The minimum absolute atomic E-state index is 0.181. The molecule has 4 N–H and O–H groups in total. The van der Waals surface area contributed by atoms with Crippen LogP contribution < -0.4 is 11.2 Å². The second-order valence-corrected chi connectivity index (χ2v) is 3.85. The standard InChI is InChI=1S/C11H14N4O/c1-6-3-8(4-7(2)10(6)16)9-5-13-15-11(12)14-9/h3-5,9,16H,1-2H3,(H3,12,14,15). The Kier molecular flexibility index (Phi) is 2.52. The molecular weight excluding hydrogens is 204 g/mol. The van der Waals surface area contributed by atoms with Crippen molar-refractivity contribution >= 4 is 12.2 Å². The van der Waals surface area contributed by atoms with E-state index in [0.29, 0.717) is 11.7 Å². The number of aromatic hydroxyl groups is 1. The maximum Gasteiger partial charge on any atom is 0.210 e. The van der Waals surface area contributed by atoms with Crippen LogP contribution >= 0.6 is 0 Å². The summed E-state index contributed by atoms with van der Waals surface area (Å²) in [6.07, 6.45) is 1.68. The molecule has 0 amide bonds. The Morgan fingerprint density at radius 3 is 2.50 bits per heavy atom. The number of aryl methyl sites for hydroxylation is 2. The zero-order valence-corrected chi connectivity index (χ0v) is 9.23. The van der Waals surface area contributed by atoms with Crippen LogP contribution in [0, 0.1) is 13.8 Å². The van der Waals surface area contributed by atoms with Crippen molar-refractivity contribution in [2.75, 3.05) is 0 Å². The monoisotopic (exact) mass is 218 g/mol. The van der Waals surface area contributed by atoms with Gasteiger partial charge in [-0.3, -0.25) is 0 Å². The van der Waals surface area contributed by atoms with Gasteiger partial charge in [0.25, 0.3) is 0 Å². The minimum Gasteiger partial charge on any atom is -0.507 e. The number of guanidine groups is 1. The molecule has 2 rings (SSSR count). The predicted octanol–water partition coefficient (Wildman–Crippen LogP) is 0.954. The average Bonchev–Trinajstić information content (AvgIpc) is 2.25. The molecule has 1 aromatic rings. The molecule has 0 fully saturated rings. The third-order valence-corrected chi connectivity index (χ3v) is 2.53. The van der Waals surface area contributed by atoms with Gasteiger partial charge in [0.2, 0.25) is 5.96 Å². The fourth-order valence-corrected chi connectivity index (χ4v) is 1.71. The molecule has 16 heavy (non-hydrogen) atoms. The Balaban J connectivity index is 2.41. The average molecular weight is 218 g/mol. The smallest absolute Gasteiger partial charge is 0.210 e. The summed E-state index contributed by atoms with van der Waals surface area (Å²) in [6, 6.07) is 3.60. The zero-order valence-electron chi connectivity index (χ0n) is 9.23. The largest absolute Gasteiger partial charge is 0.507 e. The van der Waals surface area contributed by atoms with Crippen LogP contribution in [0.2, 0.25) is 0 Å². The van der Waals surface area contributed by atoms with Crippen LogP contribution in [0.4, 0.5) is 0 Å². The fraction of sp³-hybridized carbons (Fsp3) is 0.273. The van der Waals surface area contributed by atoms with Crippen molar-refractivity contribution in [3.63, 3.8) is 0 Å². The van der Waals surface area contributed by atoms with Crippen LogP contribution in [0.25, 0.3) is 0 Å². The lowest BCUT2D eigenvalue weighted by Gasteiger charge is -2.15. The zero-order chi connectivity index (χ0) is 11.7. The number of nitrogens with one attached hydrogen (secondary N) is 1. The van der Waals surface area contributed by atoms with Crippen LogP contribution in [0.1, 0.15) is 22.7 Å². The molecular formula is C11H14N4O. The lowest BCUT2D eigenvalue weighted by molar-refractivity contribution is 0.466. The van der Waals surface area contributed by atoms with Crippen molar-refractivity contribution in [2.45, 2.75) is 19.9 Å².